The molecule has 0 saturated heterocycles. The first-order valence-electron chi connectivity index (χ1n) is 8.03. The van der Waals surface area contributed by atoms with Gasteiger partial charge >= 0.3 is 6.09 Å². The number of hydrogen-bond acceptors (Lipinski definition) is 4. The second kappa shape index (κ2) is 9.26. The lowest BCUT2D eigenvalue weighted by Crippen LogP contribution is -2.43. The van der Waals surface area contributed by atoms with Gasteiger partial charge in [-0.05, 0) is 40.5 Å². The topological polar surface area (TPSA) is 61.8 Å². The van der Waals surface area contributed by atoms with Crippen molar-refractivity contribution in [3.05, 3.63) is 0 Å². The number of carbonyl (C=O) groups excluding carboxylic acids is 1. The van der Waals surface area contributed by atoms with Crippen LogP contribution >= 0.6 is 0 Å². The number of carbonyl (C=O) groups is 1. The van der Waals surface area contributed by atoms with Gasteiger partial charge in [0.15, 0.2) is 0 Å². The Morgan fingerprint density at radius 1 is 1.19 bits per heavy atom. The van der Waals surface area contributed by atoms with Crippen molar-refractivity contribution in [1.82, 2.24) is 10.2 Å². The first-order chi connectivity index (χ1) is 9.73. The van der Waals surface area contributed by atoms with Gasteiger partial charge in [-0.3, -0.25) is 0 Å². The van der Waals surface area contributed by atoms with E-state index in [-0.39, 0.29) is 18.1 Å². The molecule has 0 aromatic carbocycles. The highest BCUT2D eigenvalue weighted by Gasteiger charge is 2.25. The molecular weight excluding hydrogens is 268 g/mol. The third-order valence-corrected chi connectivity index (χ3v) is 3.93. The van der Waals surface area contributed by atoms with Gasteiger partial charge in [0.1, 0.15) is 5.60 Å². The van der Waals surface area contributed by atoms with E-state index in [4.69, 9.17) is 4.74 Å². The summed E-state index contributed by atoms with van der Waals surface area (Å²) in [6.45, 7) is 14.7. The Labute approximate surface area is 130 Å². The molecule has 1 amide bonds. The van der Waals surface area contributed by atoms with Gasteiger partial charge in [-0.25, -0.2) is 4.79 Å². The number of nitrogens with one attached hydrogen (secondary N) is 1. The van der Waals surface area contributed by atoms with Crippen LogP contribution in [0.4, 0.5) is 4.79 Å². The van der Waals surface area contributed by atoms with Crippen molar-refractivity contribution in [1.29, 1.82) is 0 Å². The minimum atomic E-state index is -0.464. The molecule has 0 aliphatic carbocycles. The molecule has 126 valence electrons. The zero-order valence-electron chi connectivity index (χ0n) is 14.7. The van der Waals surface area contributed by atoms with E-state index >= 15 is 0 Å². The summed E-state index contributed by atoms with van der Waals surface area (Å²) < 4.78 is 5.37. The van der Waals surface area contributed by atoms with Gasteiger partial charge in [0.05, 0.1) is 0 Å². The second-order valence-corrected chi connectivity index (χ2v) is 6.60. The Hall–Kier alpha value is -0.810. The average Bonchev–Trinajstić information content (AvgIpc) is 2.42. The molecule has 0 fully saturated rings. The summed E-state index contributed by atoms with van der Waals surface area (Å²) in [5.41, 5.74) is -0.517. The summed E-state index contributed by atoms with van der Waals surface area (Å²) in [4.78, 5) is 13.7. The van der Waals surface area contributed by atoms with E-state index in [9.17, 15) is 9.90 Å². The van der Waals surface area contributed by atoms with Crippen molar-refractivity contribution < 1.29 is 14.6 Å². The SMILES string of the molecule is CCN(CCNCC(CC)(CC)CO)C(=O)OC(C)(C)C. The third kappa shape index (κ3) is 7.67. The monoisotopic (exact) mass is 302 g/mol. The van der Waals surface area contributed by atoms with Gasteiger partial charge in [-0.2, -0.15) is 0 Å². The van der Waals surface area contributed by atoms with E-state index in [2.05, 4.69) is 19.2 Å². The molecule has 0 unspecified atom stereocenters. The minimum Gasteiger partial charge on any atom is -0.444 e. The molecular formula is C16H34N2O3. The maximum atomic E-state index is 12.0. The number of aliphatic hydroxyl groups is 1. The number of likely N-dealkylation sites (N-methyl/N-ethyl adjacent to an activating group) is 1. The first kappa shape index (κ1) is 20.2. The molecule has 0 bridgehead atoms. The highest BCUT2D eigenvalue weighted by Crippen LogP contribution is 2.24. The van der Waals surface area contributed by atoms with E-state index in [0.717, 1.165) is 19.4 Å². The lowest BCUT2D eigenvalue weighted by molar-refractivity contribution is 0.0259. The molecule has 0 heterocycles. The molecule has 2 N–H and O–H groups in total. The normalized spacial score (nSPS) is 12.3. The fourth-order valence-corrected chi connectivity index (χ4v) is 2.05. The molecule has 0 saturated carbocycles. The summed E-state index contributed by atoms with van der Waals surface area (Å²) in [5, 5.41) is 12.9. The van der Waals surface area contributed by atoms with Crippen LogP contribution in [0.5, 0.6) is 0 Å². The van der Waals surface area contributed by atoms with E-state index < -0.39 is 5.60 Å². The largest absolute Gasteiger partial charge is 0.444 e. The maximum Gasteiger partial charge on any atom is 0.410 e. The molecule has 21 heavy (non-hydrogen) atoms. The van der Waals surface area contributed by atoms with E-state index in [0.29, 0.717) is 19.6 Å². The molecule has 0 aromatic rings. The molecule has 0 radical (unpaired) electrons. The number of rotatable bonds is 9. The Bertz CT molecular complexity index is 288. The summed E-state index contributed by atoms with van der Waals surface area (Å²) in [7, 11) is 0. The Morgan fingerprint density at radius 2 is 1.76 bits per heavy atom. The van der Waals surface area contributed by atoms with Gasteiger partial charge in [-0.15, -0.1) is 0 Å². The fraction of sp³-hybridized carbons (Fsp3) is 0.938. The smallest absolute Gasteiger partial charge is 0.410 e. The van der Waals surface area contributed by atoms with E-state index in [1.165, 1.54) is 0 Å². The van der Waals surface area contributed by atoms with Gasteiger partial charge in [0.25, 0.3) is 0 Å². The number of ether oxygens (including phenoxy) is 1. The minimum absolute atomic E-state index is 0.0526. The predicted molar refractivity (Wildman–Crippen MR) is 86.5 cm³/mol. The zero-order valence-corrected chi connectivity index (χ0v) is 14.7. The van der Waals surface area contributed by atoms with Gasteiger partial charge in [0.2, 0.25) is 0 Å². The van der Waals surface area contributed by atoms with Gasteiger partial charge in [-0.1, -0.05) is 13.8 Å². The Balaban J connectivity index is 4.21. The van der Waals surface area contributed by atoms with E-state index in [1.807, 2.05) is 27.7 Å². The lowest BCUT2D eigenvalue weighted by atomic mass is 9.83. The van der Waals surface area contributed by atoms with Crippen LogP contribution in [0, 0.1) is 5.41 Å². The maximum absolute atomic E-state index is 12.0. The predicted octanol–water partition coefficient (Wildman–Crippen LogP) is 2.63. The van der Waals surface area contributed by atoms with Crippen molar-refractivity contribution in [3.8, 4) is 0 Å². The summed E-state index contributed by atoms with van der Waals surface area (Å²) in [6, 6.07) is 0. The van der Waals surface area contributed by atoms with Gasteiger partial charge in [0, 0.05) is 38.2 Å². The van der Waals surface area contributed by atoms with Crippen molar-refractivity contribution in [2.75, 3.05) is 32.8 Å². The van der Waals surface area contributed by atoms with Crippen LogP contribution in [0.2, 0.25) is 0 Å². The standard InChI is InChI=1S/C16H34N2O3/c1-7-16(8-2,13-19)12-17-10-11-18(9-3)14(20)21-15(4,5)6/h17,19H,7-13H2,1-6H3. The average molecular weight is 302 g/mol. The second-order valence-electron chi connectivity index (χ2n) is 6.60. The number of hydrogen-bond donors (Lipinski definition) is 2. The number of nitrogens with zero attached hydrogens (tertiary/aromatic N) is 1. The highest BCUT2D eigenvalue weighted by atomic mass is 16.6. The molecule has 0 rings (SSSR count). The van der Waals surface area contributed by atoms with Crippen molar-refractivity contribution >= 4 is 6.09 Å². The Morgan fingerprint density at radius 3 is 2.14 bits per heavy atom. The van der Waals surface area contributed by atoms with Crippen LogP contribution in [0.25, 0.3) is 0 Å². The first-order valence-corrected chi connectivity index (χ1v) is 8.03. The van der Waals surface area contributed by atoms with Crippen LogP contribution in [0.15, 0.2) is 0 Å². The Kier molecular flexibility index (Phi) is 8.90. The van der Waals surface area contributed by atoms with Gasteiger partial charge < -0.3 is 20.1 Å². The molecule has 0 aromatic heterocycles. The van der Waals surface area contributed by atoms with Crippen molar-refractivity contribution in [2.45, 2.75) is 60.0 Å². The van der Waals surface area contributed by atoms with Crippen LogP contribution < -0.4 is 5.32 Å². The van der Waals surface area contributed by atoms with Crippen LogP contribution in [0.1, 0.15) is 54.4 Å². The van der Waals surface area contributed by atoms with Crippen LogP contribution in [-0.4, -0.2) is 54.5 Å². The quantitative estimate of drug-likeness (QED) is 0.643. The summed E-state index contributed by atoms with van der Waals surface area (Å²) >= 11 is 0. The lowest BCUT2D eigenvalue weighted by Gasteiger charge is -2.30. The summed E-state index contributed by atoms with van der Waals surface area (Å²) in [5.74, 6) is 0. The summed E-state index contributed by atoms with van der Waals surface area (Å²) in [6.07, 6.45) is 1.61. The molecule has 0 aliphatic heterocycles. The van der Waals surface area contributed by atoms with Crippen LogP contribution in [-0.2, 0) is 4.74 Å². The highest BCUT2D eigenvalue weighted by molar-refractivity contribution is 5.68. The molecule has 0 atom stereocenters. The molecule has 5 nitrogen and oxygen atoms in total. The molecule has 0 aliphatic rings. The van der Waals surface area contributed by atoms with Crippen molar-refractivity contribution in [3.63, 3.8) is 0 Å². The third-order valence-electron chi connectivity index (χ3n) is 3.93. The zero-order chi connectivity index (χ0) is 16.5. The van der Waals surface area contributed by atoms with E-state index in [1.54, 1.807) is 4.90 Å². The fourth-order valence-electron chi connectivity index (χ4n) is 2.05. The number of aliphatic hydroxyl groups excluding tert-OH is 1. The number of amides is 1. The molecule has 0 spiro atoms. The molecule has 5 heteroatoms. The van der Waals surface area contributed by atoms with Crippen LogP contribution in [0.3, 0.4) is 0 Å². The van der Waals surface area contributed by atoms with Crippen molar-refractivity contribution in [2.24, 2.45) is 5.41 Å².